The molecule has 7 heteroatoms. The molecule has 2 N–H and O–H groups in total. The van der Waals surface area contributed by atoms with E-state index in [1.807, 2.05) is 36.4 Å². The van der Waals surface area contributed by atoms with Crippen LogP contribution in [0.5, 0.6) is 0 Å². The van der Waals surface area contributed by atoms with Crippen LogP contribution in [-0.2, 0) is 11.3 Å². The molecule has 122 valence electrons. The Morgan fingerprint density at radius 2 is 1.88 bits per heavy atom. The Balaban J connectivity index is 1.65. The van der Waals surface area contributed by atoms with Crippen LogP contribution in [0.2, 0.25) is 5.02 Å². The molecular weight excluding hydrogens is 328 g/mol. The second-order valence-electron chi connectivity index (χ2n) is 5.12. The standard InChI is InChI=1S/C17H15ClN4O2/c1-11(23)20-15-4-2-3-14(9-15)19-10-16-21-22-17(24-16)12-5-7-13(18)8-6-12/h2-9,19H,10H2,1H3,(H,20,23). The van der Waals surface area contributed by atoms with Gasteiger partial charge in [-0.25, -0.2) is 0 Å². The molecule has 0 aliphatic rings. The van der Waals surface area contributed by atoms with Crippen molar-refractivity contribution >= 4 is 28.9 Å². The van der Waals surface area contributed by atoms with Crippen molar-refractivity contribution < 1.29 is 9.21 Å². The molecule has 0 spiro atoms. The van der Waals surface area contributed by atoms with E-state index in [0.29, 0.717) is 23.3 Å². The van der Waals surface area contributed by atoms with E-state index in [-0.39, 0.29) is 5.91 Å². The van der Waals surface area contributed by atoms with Crippen molar-refractivity contribution in [2.75, 3.05) is 10.6 Å². The first-order valence-corrected chi connectivity index (χ1v) is 7.68. The predicted octanol–water partition coefficient (Wildman–Crippen LogP) is 3.96. The van der Waals surface area contributed by atoms with Crippen molar-refractivity contribution in [3.8, 4) is 11.5 Å². The number of nitrogens with one attached hydrogen (secondary N) is 2. The Labute approximate surface area is 143 Å². The summed E-state index contributed by atoms with van der Waals surface area (Å²) in [6.45, 7) is 1.85. The van der Waals surface area contributed by atoms with Gasteiger partial charge in [0.05, 0.1) is 6.54 Å². The van der Waals surface area contributed by atoms with Crippen LogP contribution in [0.25, 0.3) is 11.5 Å². The van der Waals surface area contributed by atoms with Gasteiger partial charge in [-0.1, -0.05) is 17.7 Å². The smallest absolute Gasteiger partial charge is 0.247 e. The first kappa shape index (κ1) is 16.0. The molecule has 0 bridgehead atoms. The first-order chi connectivity index (χ1) is 11.6. The van der Waals surface area contributed by atoms with Crippen molar-refractivity contribution in [2.45, 2.75) is 13.5 Å². The number of benzene rings is 2. The van der Waals surface area contributed by atoms with Crippen LogP contribution in [-0.4, -0.2) is 16.1 Å². The fraction of sp³-hybridized carbons (Fsp3) is 0.118. The van der Waals surface area contributed by atoms with Gasteiger partial charge in [0.15, 0.2) is 0 Å². The van der Waals surface area contributed by atoms with Crippen LogP contribution >= 0.6 is 11.6 Å². The lowest BCUT2D eigenvalue weighted by molar-refractivity contribution is -0.114. The Kier molecular flexibility index (Phi) is 4.77. The molecule has 24 heavy (non-hydrogen) atoms. The Morgan fingerprint density at radius 3 is 2.62 bits per heavy atom. The molecule has 0 aliphatic heterocycles. The molecule has 0 fully saturated rings. The van der Waals surface area contributed by atoms with E-state index >= 15 is 0 Å². The monoisotopic (exact) mass is 342 g/mol. The molecule has 0 saturated heterocycles. The largest absolute Gasteiger partial charge is 0.419 e. The van der Waals surface area contributed by atoms with E-state index in [4.69, 9.17) is 16.0 Å². The van der Waals surface area contributed by atoms with Crippen molar-refractivity contribution in [1.29, 1.82) is 0 Å². The molecular formula is C17H15ClN4O2. The van der Waals surface area contributed by atoms with Gasteiger partial charge in [-0.05, 0) is 42.5 Å². The quantitative estimate of drug-likeness (QED) is 0.733. The lowest BCUT2D eigenvalue weighted by atomic mass is 10.2. The SMILES string of the molecule is CC(=O)Nc1cccc(NCc2nnc(-c3ccc(Cl)cc3)o2)c1. The number of amides is 1. The lowest BCUT2D eigenvalue weighted by Crippen LogP contribution is -2.06. The van der Waals surface area contributed by atoms with Crippen molar-refractivity contribution in [2.24, 2.45) is 0 Å². The van der Waals surface area contributed by atoms with Crippen LogP contribution in [0.1, 0.15) is 12.8 Å². The number of halogens is 1. The number of nitrogens with zero attached hydrogens (tertiary/aromatic N) is 2. The van der Waals surface area contributed by atoms with Gasteiger partial charge in [-0.2, -0.15) is 0 Å². The van der Waals surface area contributed by atoms with Crippen LogP contribution < -0.4 is 10.6 Å². The Hall–Kier alpha value is -2.86. The van der Waals surface area contributed by atoms with E-state index in [9.17, 15) is 4.79 Å². The van der Waals surface area contributed by atoms with Crippen molar-refractivity contribution in [3.05, 3.63) is 59.4 Å². The second-order valence-corrected chi connectivity index (χ2v) is 5.56. The summed E-state index contributed by atoms with van der Waals surface area (Å²) in [4.78, 5) is 11.1. The van der Waals surface area contributed by atoms with Crippen molar-refractivity contribution in [1.82, 2.24) is 10.2 Å². The summed E-state index contributed by atoms with van der Waals surface area (Å²) >= 11 is 5.86. The zero-order valence-corrected chi connectivity index (χ0v) is 13.7. The molecule has 0 aliphatic carbocycles. The molecule has 3 aromatic rings. The van der Waals surface area contributed by atoms with Gasteiger partial charge >= 0.3 is 0 Å². The minimum Gasteiger partial charge on any atom is -0.419 e. The number of anilines is 2. The summed E-state index contributed by atoms with van der Waals surface area (Å²) in [7, 11) is 0. The van der Waals surface area contributed by atoms with Crippen molar-refractivity contribution in [3.63, 3.8) is 0 Å². The maximum Gasteiger partial charge on any atom is 0.247 e. The lowest BCUT2D eigenvalue weighted by Gasteiger charge is -2.06. The van der Waals surface area contributed by atoms with E-state index in [1.165, 1.54) is 6.92 Å². The molecule has 6 nitrogen and oxygen atoms in total. The zero-order valence-electron chi connectivity index (χ0n) is 12.9. The minimum atomic E-state index is -0.114. The summed E-state index contributed by atoms with van der Waals surface area (Å²) in [5.74, 6) is 0.789. The number of carbonyl (C=O) groups is 1. The highest BCUT2D eigenvalue weighted by atomic mass is 35.5. The highest BCUT2D eigenvalue weighted by molar-refractivity contribution is 6.30. The fourth-order valence-electron chi connectivity index (χ4n) is 2.12. The number of aromatic nitrogens is 2. The van der Waals surface area contributed by atoms with Crippen LogP contribution in [0, 0.1) is 0 Å². The highest BCUT2D eigenvalue weighted by Crippen LogP contribution is 2.21. The number of rotatable bonds is 5. The number of carbonyl (C=O) groups excluding carboxylic acids is 1. The average molecular weight is 343 g/mol. The predicted molar refractivity (Wildman–Crippen MR) is 92.8 cm³/mol. The second kappa shape index (κ2) is 7.14. The van der Waals surface area contributed by atoms with Gasteiger partial charge in [0.2, 0.25) is 17.7 Å². The number of hydrogen-bond donors (Lipinski definition) is 2. The minimum absolute atomic E-state index is 0.114. The van der Waals surface area contributed by atoms with Crippen LogP contribution in [0.3, 0.4) is 0 Å². The van der Waals surface area contributed by atoms with Crippen LogP contribution in [0.4, 0.5) is 11.4 Å². The Bertz CT molecular complexity index is 846. The molecule has 1 heterocycles. The third-order valence-electron chi connectivity index (χ3n) is 3.18. The third-order valence-corrected chi connectivity index (χ3v) is 3.44. The summed E-state index contributed by atoms with van der Waals surface area (Å²) in [5.41, 5.74) is 2.37. The molecule has 0 atom stereocenters. The topological polar surface area (TPSA) is 80.0 Å². The van der Waals surface area contributed by atoms with Gasteiger partial charge in [-0.3, -0.25) is 4.79 Å². The molecule has 0 saturated carbocycles. The van der Waals surface area contributed by atoms with Gasteiger partial charge < -0.3 is 15.1 Å². The van der Waals surface area contributed by atoms with E-state index < -0.39 is 0 Å². The summed E-state index contributed by atoms with van der Waals surface area (Å²) < 4.78 is 5.63. The third kappa shape index (κ3) is 4.11. The molecule has 2 aromatic carbocycles. The highest BCUT2D eigenvalue weighted by Gasteiger charge is 2.08. The van der Waals surface area contributed by atoms with Crippen LogP contribution in [0.15, 0.2) is 52.9 Å². The van der Waals surface area contributed by atoms with Gasteiger partial charge in [0.25, 0.3) is 0 Å². The normalized spacial score (nSPS) is 10.4. The molecule has 1 aromatic heterocycles. The molecule has 1 amide bonds. The first-order valence-electron chi connectivity index (χ1n) is 7.30. The molecule has 0 unspecified atom stereocenters. The summed E-state index contributed by atoms with van der Waals surface area (Å²) in [5, 5.41) is 14.6. The fourth-order valence-corrected chi connectivity index (χ4v) is 2.25. The molecule has 0 radical (unpaired) electrons. The van der Waals surface area contributed by atoms with E-state index in [0.717, 1.165) is 16.9 Å². The Morgan fingerprint density at radius 1 is 1.12 bits per heavy atom. The maximum atomic E-state index is 11.1. The van der Waals surface area contributed by atoms with Gasteiger partial charge in [-0.15, -0.1) is 10.2 Å². The van der Waals surface area contributed by atoms with E-state index in [2.05, 4.69) is 20.8 Å². The van der Waals surface area contributed by atoms with Gasteiger partial charge in [0, 0.05) is 28.9 Å². The molecule has 3 rings (SSSR count). The van der Waals surface area contributed by atoms with Gasteiger partial charge in [0.1, 0.15) is 0 Å². The summed E-state index contributed by atoms with van der Waals surface area (Å²) in [6.07, 6.45) is 0. The number of hydrogen-bond acceptors (Lipinski definition) is 5. The average Bonchev–Trinajstić information content (AvgIpc) is 3.02. The zero-order chi connectivity index (χ0) is 16.9. The van der Waals surface area contributed by atoms with E-state index in [1.54, 1.807) is 12.1 Å². The maximum absolute atomic E-state index is 11.1. The summed E-state index contributed by atoms with van der Waals surface area (Å²) in [6, 6.07) is 14.6.